The van der Waals surface area contributed by atoms with E-state index in [2.05, 4.69) is 25.9 Å². The molecule has 2 heterocycles. The van der Waals surface area contributed by atoms with E-state index in [1.165, 1.54) is 0 Å². The summed E-state index contributed by atoms with van der Waals surface area (Å²) in [6.07, 6.45) is 3.91. The number of halogens is 2. The van der Waals surface area contributed by atoms with Crippen molar-refractivity contribution in [3.63, 3.8) is 0 Å². The number of H-pyrrole nitrogens is 1. The van der Waals surface area contributed by atoms with E-state index < -0.39 is 0 Å². The molecule has 2 aromatic heterocycles. The van der Waals surface area contributed by atoms with E-state index in [9.17, 15) is 4.79 Å². The molecule has 3 aromatic rings. The molecule has 0 bridgehead atoms. The molecule has 0 aliphatic rings. The third-order valence-electron chi connectivity index (χ3n) is 3.85. The number of nitrogens with one attached hydrogen (secondary N) is 1. The van der Waals surface area contributed by atoms with Gasteiger partial charge in [-0.25, -0.2) is 4.98 Å². The van der Waals surface area contributed by atoms with E-state index in [1.807, 2.05) is 43.5 Å². The van der Waals surface area contributed by atoms with Crippen LogP contribution in [-0.2, 0) is 9.53 Å². The van der Waals surface area contributed by atoms with Crippen molar-refractivity contribution in [1.29, 1.82) is 0 Å². The van der Waals surface area contributed by atoms with E-state index >= 15 is 0 Å². The van der Waals surface area contributed by atoms with Gasteiger partial charge in [-0.15, -0.1) is 0 Å². The fourth-order valence-corrected chi connectivity index (χ4v) is 3.23. The predicted octanol–water partition coefficient (Wildman–Crippen LogP) is 5.06. The number of fused-ring (bicyclic) bond motifs is 1. The van der Waals surface area contributed by atoms with E-state index in [1.54, 1.807) is 6.20 Å². The minimum Gasteiger partial charge on any atom is -0.466 e. The molecule has 24 heavy (non-hydrogen) atoms. The second-order valence-corrected chi connectivity index (χ2v) is 6.76. The van der Waals surface area contributed by atoms with Crippen molar-refractivity contribution in [1.82, 2.24) is 9.97 Å². The Labute approximate surface area is 153 Å². The summed E-state index contributed by atoms with van der Waals surface area (Å²) in [5.74, 6) is -0.360. The summed E-state index contributed by atoms with van der Waals surface area (Å²) < 4.78 is 6.04. The Kier molecular flexibility index (Phi) is 5.21. The molecule has 124 valence electrons. The lowest BCUT2D eigenvalue weighted by Gasteiger charge is -2.16. The molecule has 0 saturated heterocycles. The molecule has 0 spiro atoms. The number of ether oxygens (including phenoxy) is 1. The number of hydrogen-bond acceptors (Lipinski definition) is 3. The number of pyridine rings is 1. The number of rotatable bonds is 5. The van der Waals surface area contributed by atoms with Gasteiger partial charge in [-0.1, -0.05) is 23.7 Å². The zero-order chi connectivity index (χ0) is 17.1. The summed E-state index contributed by atoms with van der Waals surface area (Å²) in [5.41, 5.74) is 2.80. The number of nitrogens with zero attached hydrogens (tertiary/aromatic N) is 1. The topological polar surface area (TPSA) is 55.0 Å². The van der Waals surface area contributed by atoms with Crippen molar-refractivity contribution < 1.29 is 9.53 Å². The summed E-state index contributed by atoms with van der Waals surface area (Å²) in [6.45, 7) is 2.18. The summed E-state index contributed by atoms with van der Waals surface area (Å²) in [4.78, 5) is 19.6. The molecule has 0 fully saturated rings. The van der Waals surface area contributed by atoms with Gasteiger partial charge in [0.15, 0.2) is 0 Å². The van der Waals surface area contributed by atoms with Crippen LogP contribution in [0, 0.1) is 0 Å². The lowest BCUT2D eigenvalue weighted by Crippen LogP contribution is -2.11. The highest BCUT2D eigenvalue weighted by molar-refractivity contribution is 9.10. The number of carbonyl (C=O) groups is 1. The standard InChI is InChI=1S/C18H16BrClN2O2/c1-2-24-17(23)8-14(11-3-5-13(20)6-4-11)16-10-22-18-15(16)7-12(19)9-21-18/h3-7,9-10,14H,2,8H2,1H3,(H,21,22). The van der Waals surface area contributed by atoms with Crippen molar-refractivity contribution >= 4 is 44.5 Å². The van der Waals surface area contributed by atoms with Gasteiger partial charge in [0.2, 0.25) is 0 Å². The van der Waals surface area contributed by atoms with Gasteiger partial charge in [0.1, 0.15) is 5.65 Å². The zero-order valence-corrected chi connectivity index (χ0v) is 15.4. The number of aromatic amines is 1. The van der Waals surface area contributed by atoms with Crippen LogP contribution in [0.25, 0.3) is 11.0 Å². The molecule has 4 nitrogen and oxygen atoms in total. The van der Waals surface area contributed by atoms with E-state index in [4.69, 9.17) is 16.3 Å². The molecule has 0 aliphatic heterocycles. The zero-order valence-electron chi connectivity index (χ0n) is 13.1. The van der Waals surface area contributed by atoms with Crippen LogP contribution in [0.15, 0.2) is 47.2 Å². The molecule has 3 rings (SSSR count). The first-order valence-corrected chi connectivity index (χ1v) is 8.79. The second-order valence-electron chi connectivity index (χ2n) is 5.41. The van der Waals surface area contributed by atoms with Crippen molar-refractivity contribution in [3.05, 3.63) is 63.3 Å². The third-order valence-corrected chi connectivity index (χ3v) is 4.54. The maximum Gasteiger partial charge on any atom is 0.306 e. The van der Waals surface area contributed by atoms with Crippen LogP contribution in [0.5, 0.6) is 0 Å². The van der Waals surface area contributed by atoms with E-state index in [0.29, 0.717) is 11.6 Å². The van der Waals surface area contributed by atoms with Gasteiger partial charge in [-0.3, -0.25) is 4.79 Å². The highest BCUT2D eigenvalue weighted by Crippen LogP contribution is 2.34. The highest BCUT2D eigenvalue weighted by Gasteiger charge is 2.22. The number of benzene rings is 1. The minimum absolute atomic E-state index is 0.133. The average Bonchev–Trinajstić information content (AvgIpc) is 2.96. The monoisotopic (exact) mass is 406 g/mol. The molecule has 0 aliphatic carbocycles. The molecular formula is C18H16BrClN2O2. The second kappa shape index (κ2) is 7.36. The quantitative estimate of drug-likeness (QED) is 0.601. The van der Waals surface area contributed by atoms with Crippen LogP contribution in [-0.4, -0.2) is 22.5 Å². The Morgan fingerprint density at radius 3 is 2.83 bits per heavy atom. The first-order chi connectivity index (χ1) is 11.6. The van der Waals surface area contributed by atoms with Gasteiger partial charge in [0.05, 0.1) is 13.0 Å². The summed E-state index contributed by atoms with van der Waals surface area (Å²) in [5, 5.41) is 1.64. The van der Waals surface area contributed by atoms with Gasteiger partial charge < -0.3 is 9.72 Å². The Hall–Kier alpha value is -1.85. The van der Waals surface area contributed by atoms with Crippen LogP contribution in [0.4, 0.5) is 0 Å². The number of carbonyl (C=O) groups excluding carboxylic acids is 1. The van der Waals surface area contributed by atoms with Gasteiger partial charge >= 0.3 is 5.97 Å². The smallest absolute Gasteiger partial charge is 0.306 e. The summed E-state index contributed by atoms with van der Waals surface area (Å²) in [6, 6.07) is 9.55. The van der Waals surface area contributed by atoms with Crippen molar-refractivity contribution in [2.75, 3.05) is 6.61 Å². The Morgan fingerprint density at radius 1 is 1.38 bits per heavy atom. The SMILES string of the molecule is CCOC(=O)CC(c1ccc(Cl)cc1)c1c[nH]c2ncc(Br)cc12. The van der Waals surface area contributed by atoms with Gasteiger partial charge in [-0.05, 0) is 52.2 Å². The van der Waals surface area contributed by atoms with Crippen molar-refractivity contribution in [2.24, 2.45) is 0 Å². The largest absolute Gasteiger partial charge is 0.466 e. The van der Waals surface area contributed by atoms with Gasteiger partial charge in [-0.2, -0.15) is 0 Å². The number of aromatic nitrogens is 2. The van der Waals surface area contributed by atoms with Crippen molar-refractivity contribution in [2.45, 2.75) is 19.3 Å². The molecule has 1 atom stereocenters. The number of esters is 1. The Balaban J connectivity index is 2.06. The van der Waals surface area contributed by atoms with Crippen LogP contribution in [0.1, 0.15) is 30.4 Å². The lowest BCUT2D eigenvalue weighted by molar-refractivity contribution is -0.143. The molecule has 0 radical (unpaired) electrons. The maximum atomic E-state index is 12.1. The Morgan fingerprint density at radius 2 is 2.12 bits per heavy atom. The van der Waals surface area contributed by atoms with Crippen LogP contribution < -0.4 is 0 Å². The molecular weight excluding hydrogens is 392 g/mol. The first kappa shape index (κ1) is 17.0. The molecule has 1 N–H and O–H groups in total. The van der Waals surface area contributed by atoms with Crippen LogP contribution in [0.3, 0.4) is 0 Å². The van der Waals surface area contributed by atoms with Gasteiger partial charge in [0.25, 0.3) is 0 Å². The van der Waals surface area contributed by atoms with E-state index in [0.717, 1.165) is 26.6 Å². The van der Waals surface area contributed by atoms with Gasteiger partial charge in [0, 0.05) is 33.2 Å². The molecule has 1 unspecified atom stereocenters. The molecule has 6 heteroatoms. The Bertz CT molecular complexity index is 861. The molecule has 1 aromatic carbocycles. The van der Waals surface area contributed by atoms with Crippen molar-refractivity contribution in [3.8, 4) is 0 Å². The van der Waals surface area contributed by atoms with Crippen LogP contribution >= 0.6 is 27.5 Å². The average molecular weight is 408 g/mol. The normalized spacial score (nSPS) is 12.3. The minimum atomic E-state index is -0.227. The lowest BCUT2D eigenvalue weighted by atomic mass is 9.88. The summed E-state index contributed by atoms with van der Waals surface area (Å²) in [7, 11) is 0. The molecule has 0 saturated carbocycles. The number of hydrogen-bond donors (Lipinski definition) is 1. The summed E-state index contributed by atoms with van der Waals surface area (Å²) >= 11 is 9.45. The fraction of sp³-hybridized carbons (Fsp3) is 0.222. The molecule has 0 amide bonds. The maximum absolute atomic E-state index is 12.1. The third kappa shape index (κ3) is 3.62. The highest BCUT2D eigenvalue weighted by atomic mass is 79.9. The first-order valence-electron chi connectivity index (χ1n) is 7.62. The van der Waals surface area contributed by atoms with Crippen LogP contribution in [0.2, 0.25) is 5.02 Å². The fourth-order valence-electron chi connectivity index (χ4n) is 2.78. The predicted molar refractivity (Wildman–Crippen MR) is 98.3 cm³/mol. The van der Waals surface area contributed by atoms with E-state index in [-0.39, 0.29) is 18.3 Å².